The van der Waals surface area contributed by atoms with E-state index in [1.165, 1.54) is 0 Å². The van der Waals surface area contributed by atoms with E-state index in [0.717, 1.165) is 28.3 Å². The van der Waals surface area contributed by atoms with Gasteiger partial charge in [-0.25, -0.2) is 4.98 Å². The first kappa shape index (κ1) is 11.4. The van der Waals surface area contributed by atoms with Crippen LogP contribution in [0.5, 0.6) is 0 Å². The molecular weight excluding hydrogens is 214 g/mol. The third-order valence-electron chi connectivity index (χ3n) is 2.94. The van der Waals surface area contributed by atoms with Crippen molar-refractivity contribution >= 4 is 11.5 Å². The van der Waals surface area contributed by atoms with Crippen molar-refractivity contribution in [3.63, 3.8) is 0 Å². The minimum Gasteiger partial charge on any atom is -0.398 e. The van der Waals surface area contributed by atoms with Gasteiger partial charge in [0.25, 0.3) is 0 Å². The summed E-state index contributed by atoms with van der Waals surface area (Å²) in [6.07, 6.45) is 3.63. The molecule has 0 saturated heterocycles. The van der Waals surface area contributed by atoms with Crippen molar-refractivity contribution in [2.24, 2.45) is 7.05 Å². The number of nitrogens with zero attached hydrogens (tertiary/aromatic N) is 3. The van der Waals surface area contributed by atoms with Gasteiger partial charge < -0.3 is 11.1 Å². The Balaban J connectivity index is 2.07. The van der Waals surface area contributed by atoms with Gasteiger partial charge in [-0.1, -0.05) is 0 Å². The van der Waals surface area contributed by atoms with E-state index in [1.54, 1.807) is 6.20 Å². The third kappa shape index (κ3) is 2.38. The highest BCUT2D eigenvalue weighted by Crippen LogP contribution is 2.15. The molecule has 5 nitrogen and oxygen atoms in total. The van der Waals surface area contributed by atoms with Crippen molar-refractivity contribution in [2.75, 3.05) is 11.1 Å². The van der Waals surface area contributed by atoms with E-state index in [-0.39, 0.29) is 0 Å². The number of anilines is 2. The molecule has 0 aromatic carbocycles. The van der Waals surface area contributed by atoms with Crippen LogP contribution in [0.1, 0.15) is 16.8 Å². The maximum absolute atomic E-state index is 5.83. The number of hydrogen-bond acceptors (Lipinski definition) is 4. The van der Waals surface area contributed by atoms with E-state index >= 15 is 0 Å². The van der Waals surface area contributed by atoms with Crippen LogP contribution in [0, 0.1) is 13.8 Å². The van der Waals surface area contributed by atoms with Gasteiger partial charge in [0.15, 0.2) is 0 Å². The van der Waals surface area contributed by atoms with Crippen LogP contribution in [0.3, 0.4) is 0 Å². The Labute approximate surface area is 101 Å². The molecule has 0 atom stereocenters. The SMILES string of the molecule is Cc1cnc(NCc2cnn(C)c2C)cc1N. The van der Waals surface area contributed by atoms with Gasteiger partial charge in [0, 0.05) is 42.8 Å². The minimum atomic E-state index is 0.704. The van der Waals surface area contributed by atoms with E-state index in [2.05, 4.69) is 15.4 Å². The van der Waals surface area contributed by atoms with Crippen LogP contribution in [-0.2, 0) is 13.6 Å². The number of aryl methyl sites for hydroxylation is 2. The predicted octanol–water partition coefficient (Wildman–Crippen LogP) is 1.63. The molecule has 2 aromatic rings. The molecular formula is C12H17N5. The fourth-order valence-corrected chi connectivity index (χ4v) is 1.54. The first-order valence-electron chi connectivity index (χ1n) is 5.51. The van der Waals surface area contributed by atoms with E-state index < -0.39 is 0 Å². The van der Waals surface area contributed by atoms with Gasteiger partial charge in [-0.05, 0) is 19.4 Å². The van der Waals surface area contributed by atoms with Gasteiger partial charge in [-0.15, -0.1) is 0 Å². The monoisotopic (exact) mass is 231 g/mol. The zero-order valence-corrected chi connectivity index (χ0v) is 10.4. The second-order valence-corrected chi connectivity index (χ2v) is 4.16. The molecule has 2 aromatic heterocycles. The molecule has 0 bridgehead atoms. The van der Waals surface area contributed by atoms with Gasteiger partial charge in [0.1, 0.15) is 5.82 Å². The van der Waals surface area contributed by atoms with E-state index in [4.69, 9.17) is 5.73 Å². The van der Waals surface area contributed by atoms with Gasteiger partial charge in [0.05, 0.1) is 6.20 Å². The topological polar surface area (TPSA) is 68.8 Å². The van der Waals surface area contributed by atoms with Crippen LogP contribution in [0.2, 0.25) is 0 Å². The predicted molar refractivity (Wildman–Crippen MR) is 68.7 cm³/mol. The van der Waals surface area contributed by atoms with Crippen molar-refractivity contribution < 1.29 is 0 Å². The summed E-state index contributed by atoms with van der Waals surface area (Å²) in [6.45, 7) is 4.69. The number of pyridine rings is 1. The van der Waals surface area contributed by atoms with E-state index in [0.29, 0.717) is 6.54 Å². The molecule has 0 aliphatic carbocycles. The fourth-order valence-electron chi connectivity index (χ4n) is 1.54. The zero-order chi connectivity index (χ0) is 12.4. The van der Waals surface area contributed by atoms with Gasteiger partial charge in [-0.2, -0.15) is 5.10 Å². The number of nitrogens with one attached hydrogen (secondary N) is 1. The van der Waals surface area contributed by atoms with Crippen LogP contribution in [0.4, 0.5) is 11.5 Å². The molecule has 0 aliphatic rings. The number of hydrogen-bond donors (Lipinski definition) is 2. The summed E-state index contributed by atoms with van der Waals surface area (Å²) in [5.74, 6) is 0.788. The summed E-state index contributed by atoms with van der Waals surface area (Å²) in [7, 11) is 1.93. The van der Waals surface area contributed by atoms with Crippen LogP contribution in [-0.4, -0.2) is 14.8 Å². The Hall–Kier alpha value is -2.04. The second kappa shape index (κ2) is 4.45. The molecule has 0 aliphatic heterocycles. The number of nitrogen functional groups attached to an aromatic ring is 1. The number of rotatable bonds is 3. The van der Waals surface area contributed by atoms with Crippen molar-refractivity contribution in [1.29, 1.82) is 0 Å². The van der Waals surface area contributed by atoms with Gasteiger partial charge in [0.2, 0.25) is 0 Å². The lowest BCUT2D eigenvalue weighted by molar-refractivity contribution is 0.738. The highest BCUT2D eigenvalue weighted by molar-refractivity contribution is 5.53. The summed E-state index contributed by atoms with van der Waals surface area (Å²) in [4.78, 5) is 4.27. The molecule has 0 amide bonds. The fraction of sp³-hybridized carbons (Fsp3) is 0.333. The van der Waals surface area contributed by atoms with E-state index in [1.807, 2.05) is 37.8 Å². The lowest BCUT2D eigenvalue weighted by atomic mass is 10.2. The molecule has 0 radical (unpaired) electrons. The first-order valence-corrected chi connectivity index (χ1v) is 5.51. The number of aromatic nitrogens is 3. The molecule has 5 heteroatoms. The highest BCUT2D eigenvalue weighted by Gasteiger charge is 2.04. The van der Waals surface area contributed by atoms with E-state index in [9.17, 15) is 0 Å². The molecule has 0 spiro atoms. The maximum Gasteiger partial charge on any atom is 0.128 e. The molecule has 2 rings (SSSR count). The van der Waals surface area contributed by atoms with Crippen molar-refractivity contribution in [3.05, 3.63) is 35.3 Å². The standard InChI is InChI=1S/C12H17N5/c1-8-5-14-12(4-11(8)13)15-6-10-7-16-17(3)9(10)2/h4-5,7H,6H2,1-3H3,(H3,13,14,15). The summed E-state index contributed by atoms with van der Waals surface area (Å²) >= 11 is 0. The average molecular weight is 231 g/mol. The molecule has 90 valence electrons. The Morgan fingerprint density at radius 3 is 2.71 bits per heavy atom. The quantitative estimate of drug-likeness (QED) is 0.842. The van der Waals surface area contributed by atoms with Crippen molar-refractivity contribution in [2.45, 2.75) is 20.4 Å². The molecule has 3 N–H and O–H groups in total. The van der Waals surface area contributed by atoms with Gasteiger partial charge in [-0.3, -0.25) is 4.68 Å². The second-order valence-electron chi connectivity index (χ2n) is 4.16. The Morgan fingerprint density at radius 2 is 2.12 bits per heavy atom. The molecule has 0 unspecified atom stereocenters. The van der Waals surface area contributed by atoms with Crippen LogP contribution < -0.4 is 11.1 Å². The number of nitrogens with two attached hydrogens (primary N) is 1. The average Bonchev–Trinajstić information content (AvgIpc) is 2.62. The molecule has 0 saturated carbocycles. The highest BCUT2D eigenvalue weighted by atomic mass is 15.3. The molecule has 17 heavy (non-hydrogen) atoms. The maximum atomic E-state index is 5.83. The first-order chi connectivity index (χ1) is 8.08. The summed E-state index contributed by atoms with van der Waals surface area (Å²) in [5, 5.41) is 7.43. The third-order valence-corrected chi connectivity index (χ3v) is 2.94. The molecule has 0 fully saturated rings. The normalized spacial score (nSPS) is 10.5. The van der Waals surface area contributed by atoms with Crippen LogP contribution >= 0.6 is 0 Å². The molecule has 2 heterocycles. The van der Waals surface area contributed by atoms with Gasteiger partial charge >= 0.3 is 0 Å². The smallest absolute Gasteiger partial charge is 0.128 e. The Kier molecular flexibility index (Phi) is 2.99. The minimum absolute atomic E-state index is 0.704. The zero-order valence-electron chi connectivity index (χ0n) is 10.4. The summed E-state index contributed by atoms with van der Waals surface area (Å²) < 4.78 is 1.86. The Bertz CT molecular complexity index is 530. The largest absolute Gasteiger partial charge is 0.398 e. The van der Waals surface area contributed by atoms with Crippen LogP contribution in [0.25, 0.3) is 0 Å². The summed E-state index contributed by atoms with van der Waals surface area (Å²) in [5.41, 5.74) is 9.89. The lowest BCUT2D eigenvalue weighted by Crippen LogP contribution is -2.04. The summed E-state index contributed by atoms with van der Waals surface area (Å²) in [6, 6.07) is 1.85. The van der Waals surface area contributed by atoms with Crippen molar-refractivity contribution in [3.8, 4) is 0 Å². The Morgan fingerprint density at radius 1 is 1.35 bits per heavy atom. The van der Waals surface area contributed by atoms with Crippen molar-refractivity contribution in [1.82, 2.24) is 14.8 Å². The lowest BCUT2D eigenvalue weighted by Gasteiger charge is -2.07. The van der Waals surface area contributed by atoms with Crippen LogP contribution in [0.15, 0.2) is 18.5 Å².